The molecule has 7 nitrogen and oxygen atoms in total. The number of pyridine rings is 1. The lowest BCUT2D eigenvalue weighted by Crippen LogP contribution is -2.38. The van der Waals surface area contributed by atoms with E-state index in [2.05, 4.69) is 10.3 Å². The van der Waals surface area contributed by atoms with Gasteiger partial charge in [0.2, 0.25) is 0 Å². The minimum absolute atomic E-state index is 0.218. The summed E-state index contributed by atoms with van der Waals surface area (Å²) >= 11 is 0. The maximum Gasteiger partial charge on any atom is 0.325 e. The van der Waals surface area contributed by atoms with Crippen LogP contribution in [0.4, 0.5) is 0 Å². The molecule has 27 heavy (non-hydrogen) atoms. The standard InChI is InChI=1S/C20H18N2O5/c1-11-16-10-14(27-13-6-4-3-5-7-13)8-9-15(16)18(23)17(21-11)19(24)22-12(2)20(25)26/h3-10,12,23H,1-2H3,(H,22,24)(H,25,26). The van der Waals surface area contributed by atoms with Crippen LogP contribution >= 0.6 is 0 Å². The molecule has 1 atom stereocenters. The number of hydrogen-bond donors (Lipinski definition) is 3. The van der Waals surface area contributed by atoms with Crippen molar-refractivity contribution in [3.8, 4) is 17.2 Å². The van der Waals surface area contributed by atoms with Gasteiger partial charge in [0.25, 0.3) is 5.91 Å². The second-order valence-corrected chi connectivity index (χ2v) is 6.05. The van der Waals surface area contributed by atoms with Gasteiger partial charge in [-0.3, -0.25) is 9.59 Å². The van der Waals surface area contributed by atoms with Gasteiger partial charge in [0.05, 0.1) is 0 Å². The summed E-state index contributed by atoms with van der Waals surface area (Å²) in [6.07, 6.45) is 0. The van der Waals surface area contributed by atoms with Gasteiger partial charge < -0.3 is 20.3 Å². The minimum Gasteiger partial charge on any atom is -0.505 e. The molecule has 7 heteroatoms. The summed E-state index contributed by atoms with van der Waals surface area (Å²) < 4.78 is 5.78. The molecule has 1 aromatic heterocycles. The Hall–Kier alpha value is -3.61. The fraction of sp³-hybridized carbons (Fsp3) is 0.150. The van der Waals surface area contributed by atoms with Crippen molar-refractivity contribution in [2.75, 3.05) is 0 Å². The van der Waals surface area contributed by atoms with Gasteiger partial charge in [0, 0.05) is 16.5 Å². The van der Waals surface area contributed by atoms with Crippen LogP contribution in [0.1, 0.15) is 23.1 Å². The Morgan fingerprint density at radius 3 is 2.44 bits per heavy atom. The molecule has 0 aliphatic rings. The van der Waals surface area contributed by atoms with Crippen LogP contribution in [0.25, 0.3) is 10.8 Å². The van der Waals surface area contributed by atoms with Gasteiger partial charge in [-0.05, 0) is 44.2 Å². The predicted molar refractivity (Wildman–Crippen MR) is 99.2 cm³/mol. The van der Waals surface area contributed by atoms with Crippen LogP contribution in [0.15, 0.2) is 48.5 Å². The molecule has 0 aliphatic heterocycles. The lowest BCUT2D eigenvalue weighted by Gasteiger charge is -2.13. The van der Waals surface area contributed by atoms with E-state index < -0.39 is 17.9 Å². The van der Waals surface area contributed by atoms with E-state index >= 15 is 0 Å². The highest BCUT2D eigenvalue weighted by Gasteiger charge is 2.21. The van der Waals surface area contributed by atoms with Gasteiger partial charge in [0.15, 0.2) is 11.4 Å². The molecule has 0 radical (unpaired) electrons. The fourth-order valence-corrected chi connectivity index (χ4v) is 2.61. The second-order valence-electron chi connectivity index (χ2n) is 6.05. The highest BCUT2D eigenvalue weighted by atomic mass is 16.5. The molecule has 0 bridgehead atoms. The van der Waals surface area contributed by atoms with Gasteiger partial charge in [-0.15, -0.1) is 0 Å². The summed E-state index contributed by atoms with van der Waals surface area (Å²) in [5.74, 6) is -1.00. The number of amides is 1. The van der Waals surface area contributed by atoms with Crippen LogP contribution in [0.5, 0.6) is 17.2 Å². The number of carbonyl (C=O) groups excluding carboxylic acids is 1. The van der Waals surface area contributed by atoms with Crippen LogP contribution in [0, 0.1) is 6.92 Å². The van der Waals surface area contributed by atoms with E-state index in [0.717, 1.165) is 0 Å². The van der Waals surface area contributed by atoms with Gasteiger partial charge in [0.1, 0.15) is 17.5 Å². The number of aromatic nitrogens is 1. The number of ether oxygens (including phenoxy) is 1. The molecule has 0 saturated carbocycles. The molecule has 138 valence electrons. The molecule has 0 saturated heterocycles. The van der Waals surface area contributed by atoms with Crippen LogP contribution in [-0.2, 0) is 4.79 Å². The molecule has 2 aromatic carbocycles. The lowest BCUT2D eigenvalue weighted by atomic mass is 10.1. The number of carbonyl (C=O) groups is 2. The summed E-state index contributed by atoms with van der Waals surface area (Å²) in [6, 6.07) is 13.2. The number of fused-ring (bicyclic) bond motifs is 1. The number of carboxylic acid groups (broad SMARTS) is 1. The highest BCUT2D eigenvalue weighted by Crippen LogP contribution is 2.33. The van der Waals surface area contributed by atoms with Gasteiger partial charge >= 0.3 is 5.97 Å². The van der Waals surface area contributed by atoms with Crippen molar-refractivity contribution < 1.29 is 24.5 Å². The van der Waals surface area contributed by atoms with Crippen molar-refractivity contribution in [1.82, 2.24) is 10.3 Å². The Kier molecular flexibility index (Phi) is 4.94. The third-order valence-corrected chi connectivity index (χ3v) is 4.05. The topological polar surface area (TPSA) is 109 Å². The van der Waals surface area contributed by atoms with E-state index in [9.17, 15) is 14.7 Å². The third kappa shape index (κ3) is 3.82. The average molecular weight is 366 g/mol. The molecule has 0 aliphatic carbocycles. The van der Waals surface area contributed by atoms with E-state index in [0.29, 0.717) is 28.0 Å². The number of aryl methyl sites for hydroxylation is 1. The largest absolute Gasteiger partial charge is 0.505 e. The van der Waals surface area contributed by atoms with Gasteiger partial charge in [-0.2, -0.15) is 0 Å². The minimum atomic E-state index is -1.18. The van der Waals surface area contributed by atoms with Crippen LogP contribution < -0.4 is 10.1 Å². The Bertz CT molecular complexity index is 1020. The van der Waals surface area contributed by atoms with E-state index in [1.54, 1.807) is 25.1 Å². The molecular formula is C20H18N2O5. The smallest absolute Gasteiger partial charge is 0.325 e. The third-order valence-electron chi connectivity index (χ3n) is 4.05. The lowest BCUT2D eigenvalue weighted by molar-refractivity contribution is -0.138. The maximum absolute atomic E-state index is 12.3. The monoisotopic (exact) mass is 366 g/mol. The Balaban J connectivity index is 1.96. The normalized spacial score (nSPS) is 11.8. The first-order valence-corrected chi connectivity index (χ1v) is 8.26. The fourth-order valence-electron chi connectivity index (χ4n) is 2.61. The average Bonchev–Trinajstić information content (AvgIpc) is 2.65. The number of aliphatic carboxylic acids is 1. The van der Waals surface area contributed by atoms with Crippen LogP contribution in [0.3, 0.4) is 0 Å². The Morgan fingerprint density at radius 2 is 1.78 bits per heavy atom. The zero-order valence-corrected chi connectivity index (χ0v) is 14.8. The van der Waals surface area contributed by atoms with Crippen molar-refractivity contribution in [3.63, 3.8) is 0 Å². The van der Waals surface area contributed by atoms with E-state index in [1.165, 1.54) is 6.92 Å². The maximum atomic E-state index is 12.3. The Morgan fingerprint density at radius 1 is 1.07 bits per heavy atom. The number of nitrogens with zero attached hydrogens (tertiary/aromatic N) is 1. The first kappa shape index (κ1) is 18.2. The number of rotatable bonds is 5. The number of aromatic hydroxyl groups is 1. The van der Waals surface area contributed by atoms with Gasteiger partial charge in [-0.1, -0.05) is 18.2 Å². The first-order valence-electron chi connectivity index (χ1n) is 8.26. The van der Waals surface area contributed by atoms with Crippen molar-refractivity contribution in [1.29, 1.82) is 0 Å². The summed E-state index contributed by atoms with van der Waals surface area (Å²) in [6.45, 7) is 3.03. The summed E-state index contributed by atoms with van der Waals surface area (Å²) in [5.41, 5.74) is 0.291. The van der Waals surface area contributed by atoms with Crippen molar-refractivity contribution >= 4 is 22.6 Å². The summed E-state index contributed by atoms with van der Waals surface area (Å²) in [4.78, 5) is 27.3. The molecule has 1 unspecified atom stereocenters. The molecule has 3 N–H and O–H groups in total. The number of hydrogen-bond acceptors (Lipinski definition) is 5. The quantitative estimate of drug-likeness (QED) is 0.640. The van der Waals surface area contributed by atoms with Crippen molar-refractivity contribution in [3.05, 3.63) is 59.9 Å². The molecule has 1 heterocycles. The van der Waals surface area contributed by atoms with Gasteiger partial charge in [-0.25, -0.2) is 4.98 Å². The van der Waals surface area contributed by atoms with Crippen LogP contribution in [-0.4, -0.2) is 33.1 Å². The second kappa shape index (κ2) is 7.33. The Labute approximate surface area is 155 Å². The summed E-state index contributed by atoms with van der Waals surface area (Å²) in [7, 11) is 0. The van der Waals surface area contributed by atoms with Crippen molar-refractivity contribution in [2.24, 2.45) is 0 Å². The molecule has 3 aromatic rings. The predicted octanol–water partition coefficient (Wildman–Crippen LogP) is 3.24. The number of carboxylic acids is 1. The molecule has 1 amide bonds. The molecular weight excluding hydrogens is 348 g/mol. The van der Waals surface area contributed by atoms with Crippen molar-refractivity contribution in [2.45, 2.75) is 19.9 Å². The SMILES string of the molecule is Cc1nc(C(=O)NC(C)C(=O)O)c(O)c2ccc(Oc3ccccc3)cc12. The van der Waals surface area contributed by atoms with E-state index in [-0.39, 0.29) is 11.4 Å². The van der Waals surface area contributed by atoms with Crippen LogP contribution in [0.2, 0.25) is 0 Å². The van der Waals surface area contributed by atoms with E-state index in [1.807, 2.05) is 30.3 Å². The first-order chi connectivity index (χ1) is 12.9. The van der Waals surface area contributed by atoms with E-state index in [4.69, 9.17) is 9.84 Å². The molecule has 3 rings (SSSR count). The number of nitrogens with one attached hydrogen (secondary N) is 1. The highest BCUT2D eigenvalue weighted by molar-refractivity contribution is 6.03. The zero-order valence-electron chi connectivity index (χ0n) is 14.8. The number of para-hydroxylation sites is 1. The molecule has 0 spiro atoms. The summed E-state index contributed by atoms with van der Waals surface area (Å²) in [5, 5.41) is 22.7. The molecule has 0 fully saturated rings. The number of benzene rings is 2. The zero-order chi connectivity index (χ0) is 19.6.